The van der Waals surface area contributed by atoms with Gasteiger partial charge in [0.15, 0.2) is 5.82 Å². The summed E-state index contributed by atoms with van der Waals surface area (Å²) in [5.74, 6) is 2.73. The molecule has 0 bridgehead atoms. The van der Waals surface area contributed by atoms with Gasteiger partial charge in [0.05, 0.1) is 0 Å². The maximum absolute atomic E-state index is 4.51. The highest BCUT2D eigenvalue weighted by molar-refractivity contribution is 5.55. The van der Waals surface area contributed by atoms with Gasteiger partial charge < -0.3 is 10.6 Å². The van der Waals surface area contributed by atoms with Gasteiger partial charge in [-0.3, -0.25) is 5.10 Å². The van der Waals surface area contributed by atoms with Crippen molar-refractivity contribution in [1.29, 1.82) is 0 Å². The molecule has 0 radical (unpaired) electrons. The average Bonchev–Trinajstić information content (AvgIpc) is 3.27. The molecule has 3 rings (SSSR count). The molecule has 0 aromatic carbocycles. The number of allylic oxidation sites excluding steroid dienone is 3. The number of aromatic nitrogens is 4. The third kappa shape index (κ3) is 3.97. The van der Waals surface area contributed by atoms with Crippen molar-refractivity contribution in [1.82, 2.24) is 20.2 Å². The lowest BCUT2D eigenvalue weighted by atomic mass is 10.3. The molecule has 0 saturated heterocycles. The molecule has 1 fully saturated rings. The summed E-state index contributed by atoms with van der Waals surface area (Å²) >= 11 is 0. The van der Waals surface area contributed by atoms with Crippen LogP contribution in [-0.4, -0.2) is 20.2 Å². The number of anilines is 3. The van der Waals surface area contributed by atoms with Crippen LogP contribution >= 0.6 is 0 Å². The summed E-state index contributed by atoms with van der Waals surface area (Å²) < 4.78 is 0. The highest BCUT2D eigenvalue weighted by Crippen LogP contribution is 2.39. The summed E-state index contributed by atoms with van der Waals surface area (Å²) in [7, 11) is 0. The third-order valence-electron chi connectivity index (χ3n) is 3.64. The Labute approximate surface area is 136 Å². The first-order valence-corrected chi connectivity index (χ1v) is 7.92. The molecular weight excluding hydrogens is 288 g/mol. The van der Waals surface area contributed by atoms with Gasteiger partial charge in [0, 0.05) is 35.1 Å². The van der Waals surface area contributed by atoms with E-state index in [2.05, 4.69) is 36.9 Å². The van der Waals surface area contributed by atoms with E-state index in [1.54, 1.807) is 0 Å². The van der Waals surface area contributed by atoms with E-state index >= 15 is 0 Å². The zero-order valence-corrected chi connectivity index (χ0v) is 13.7. The fourth-order valence-electron chi connectivity index (χ4n) is 2.34. The second-order valence-electron chi connectivity index (χ2n) is 5.69. The second kappa shape index (κ2) is 6.64. The molecule has 6 nitrogen and oxygen atoms in total. The summed E-state index contributed by atoms with van der Waals surface area (Å²) in [6, 6.07) is 3.96. The van der Waals surface area contributed by atoms with E-state index in [4.69, 9.17) is 0 Å². The molecule has 0 atom stereocenters. The lowest BCUT2D eigenvalue weighted by molar-refractivity contribution is 0.966. The maximum Gasteiger partial charge on any atom is 0.229 e. The minimum absolute atomic E-state index is 0.566. The predicted molar refractivity (Wildman–Crippen MR) is 92.8 cm³/mol. The number of hydrogen-bond acceptors (Lipinski definition) is 5. The summed E-state index contributed by atoms with van der Waals surface area (Å²) in [6.45, 7) is 5.90. The summed E-state index contributed by atoms with van der Waals surface area (Å²) in [4.78, 5) is 8.93. The molecule has 0 unspecified atom stereocenters. The summed E-state index contributed by atoms with van der Waals surface area (Å²) in [5.41, 5.74) is 3.04. The lowest BCUT2D eigenvalue weighted by Gasteiger charge is -2.09. The highest BCUT2D eigenvalue weighted by Gasteiger charge is 2.25. The number of H-pyrrole nitrogens is 1. The standard InChI is InChI=1S/C17H22N6/c1-4-6-13(5-2)19-17-18-11(3)9-15(21-17)20-16-10-14(22-23-16)12-7-8-12/h4-6,9-10,12H,7-8H2,1-3H3,(H3,18,19,20,21,22,23)/b6-4-,13-5+. The Kier molecular flexibility index (Phi) is 4.41. The Hall–Kier alpha value is -2.63. The molecule has 120 valence electrons. The molecule has 6 heteroatoms. The molecule has 2 aromatic rings. The van der Waals surface area contributed by atoms with Crippen molar-refractivity contribution in [3.63, 3.8) is 0 Å². The molecule has 1 aliphatic carbocycles. The van der Waals surface area contributed by atoms with E-state index in [-0.39, 0.29) is 0 Å². The Morgan fingerprint density at radius 3 is 2.74 bits per heavy atom. The van der Waals surface area contributed by atoms with Gasteiger partial charge in [0.2, 0.25) is 5.95 Å². The quantitative estimate of drug-likeness (QED) is 0.702. The zero-order valence-electron chi connectivity index (χ0n) is 13.7. The van der Waals surface area contributed by atoms with E-state index in [9.17, 15) is 0 Å². The topological polar surface area (TPSA) is 78.5 Å². The minimum atomic E-state index is 0.566. The van der Waals surface area contributed by atoms with Crippen LogP contribution in [0.2, 0.25) is 0 Å². The summed E-state index contributed by atoms with van der Waals surface area (Å²) in [5, 5.41) is 13.8. The Bertz CT molecular complexity index is 739. The van der Waals surface area contributed by atoms with Crippen LogP contribution in [0.3, 0.4) is 0 Å². The van der Waals surface area contributed by atoms with Crippen LogP contribution < -0.4 is 10.6 Å². The van der Waals surface area contributed by atoms with Crippen LogP contribution in [0, 0.1) is 6.92 Å². The van der Waals surface area contributed by atoms with Gasteiger partial charge in [-0.2, -0.15) is 10.1 Å². The normalized spacial score (nSPS) is 15.2. The molecule has 2 heterocycles. The van der Waals surface area contributed by atoms with Crippen molar-refractivity contribution >= 4 is 17.6 Å². The van der Waals surface area contributed by atoms with Crippen LogP contribution in [0.4, 0.5) is 17.6 Å². The number of nitrogens with one attached hydrogen (secondary N) is 3. The monoisotopic (exact) mass is 310 g/mol. The molecule has 2 aromatic heterocycles. The van der Waals surface area contributed by atoms with Crippen molar-refractivity contribution in [2.45, 2.75) is 39.5 Å². The molecule has 0 spiro atoms. The minimum Gasteiger partial charge on any atom is -0.324 e. The van der Waals surface area contributed by atoms with E-state index in [1.807, 2.05) is 45.1 Å². The van der Waals surface area contributed by atoms with Crippen molar-refractivity contribution in [3.8, 4) is 0 Å². The van der Waals surface area contributed by atoms with Crippen LogP contribution in [0.5, 0.6) is 0 Å². The number of hydrogen-bond donors (Lipinski definition) is 3. The van der Waals surface area contributed by atoms with Gasteiger partial charge in [-0.25, -0.2) is 4.98 Å². The van der Waals surface area contributed by atoms with Crippen molar-refractivity contribution in [3.05, 3.63) is 47.4 Å². The smallest absolute Gasteiger partial charge is 0.229 e. The van der Waals surface area contributed by atoms with Crippen LogP contribution in [0.25, 0.3) is 0 Å². The van der Waals surface area contributed by atoms with Crippen LogP contribution in [0.1, 0.15) is 44.0 Å². The van der Waals surface area contributed by atoms with Crippen molar-refractivity contribution in [2.75, 3.05) is 10.6 Å². The van der Waals surface area contributed by atoms with E-state index in [0.717, 1.165) is 23.0 Å². The number of rotatable bonds is 6. The van der Waals surface area contributed by atoms with Crippen LogP contribution in [0.15, 0.2) is 36.1 Å². The van der Waals surface area contributed by atoms with E-state index < -0.39 is 0 Å². The zero-order chi connectivity index (χ0) is 16.2. The van der Waals surface area contributed by atoms with Gasteiger partial charge in [0.1, 0.15) is 5.82 Å². The molecule has 0 amide bonds. The van der Waals surface area contributed by atoms with Crippen LogP contribution in [-0.2, 0) is 0 Å². The Balaban J connectivity index is 1.76. The molecule has 23 heavy (non-hydrogen) atoms. The SMILES string of the molecule is C/C=C\C(=C/C)Nc1nc(C)cc(Nc2cc(C3CC3)[nH]n2)n1. The maximum atomic E-state index is 4.51. The average molecular weight is 310 g/mol. The van der Waals surface area contributed by atoms with Gasteiger partial charge in [-0.15, -0.1) is 0 Å². The number of nitrogens with zero attached hydrogens (tertiary/aromatic N) is 3. The van der Waals surface area contributed by atoms with E-state index in [0.29, 0.717) is 11.9 Å². The van der Waals surface area contributed by atoms with Crippen molar-refractivity contribution < 1.29 is 0 Å². The Morgan fingerprint density at radius 1 is 1.22 bits per heavy atom. The van der Waals surface area contributed by atoms with Crippen molar-refractivity contribution in [2.24, 2.45) is 0 Å². The largest absolute Gasteiger partial charge is 0.324 e. The molecule has 1 saturated carbocycles. The number of aromatic amines is 1. The fraction of sp³-hybridized carbons (Fsp3) is 0.353. The third-order valence-corrected chi connectivity index (χ3v) is 3.64. The first-order chi connectivity index (χ1) is 11.2. The molecule has 0 aliphatic heterocycles. The predicted octanol–water partition coefficient (Wildman–Crippen LogP) is 4.02. The number of aryl methyl sites for hydroxylation is 1. The van der Waals surface area contributed by atoms with Gasteiger partial charge in [-0.05, 0) is 39.7 Å². The Morgan fingerprint density at radius 2 is 2.04 bits per heavy atom. The van der Waals surface area contributed by atoms with Gasteiger partial charge in [-0.1, -0.05) is 12.2 Å². The van der Waals surface area contributed by atoms with Gasteiger partial charge in [0.25, 0.3) is 0 Å². The first-order valence-electron chi connectivity index (χ1n) is 7.92. The second-order valence-corrected chi connectivity index (χ2v) is 5.69. The first kappa shape index (κ1) is 15.3. The summed E-state index contributed by atoms with van der Waals surface area (Å²) in [6.07, 6.45) is 8.43. The van der Waals surface area contributed by atoms with E-state index in [1.165, 1.54) is 18.5 Å². The fourth-order valence-corrected chi connectivity index (χ4v) is 2.34. The molecular formula is C17H22N6. The molecule has 1 aliphatic rings. The lowest BCUT2D eigenvalue weighted by Crippen LogP contribution is -2.05. The highest BCUT2D eigenvalue weighted by atomic mass is 15.2. The van der Waals surface area contributed by atoms with Gasteiger partial charge >= 0.3 is 0 Å². The molecule has 3 N–H and O–H groups in total.